The predicted octanol–water partition coefficient (Wildman–Crippen LogP) is 5.25. The molecule has 4 rings (SSSR count). The molecule has 3 aromatic carbocycles. The average Bonchev–Trinajstić information content (AvgIpc) is 3.29. The van der Waals surface area contributed by atoms with Gasteiger partial charge >= 0.3 is 5.97 Å². The Morgan fingerprint density at radius 3 is 2.12 bits per heavy atom. The molecule has 0 unspecified atom stereocenters. The summed E-state index contributed by atoms with van der Waals surface area (Å²) in [6, 6.07) is 23.9. The van der Waals surface area contributed by atoms with Crippen molar-refractivity contribution >= 4 is 23.4 Å². The van der Waals surface area contributed by atoms with E-state index >= 15 is 0 Å². The van der Waals surface area contributed by atoms with Crippen molar-refractivity contribution < 1.29 is 9.53 Å². The van der Waals surface area contributed by atoms with Crippen molar-refractivity contribution in [3.05, 3.63) is 84.4 Å². The standard InChI is InChI=1S/C27H26N4O2/c1-31(2)23-15-11-20(12-16-23)26-25(19-9-13-22(28)14-10-19)29-27(30-26)21-7-4-18(5-8-21)6-17-24(32)33-3/h4-17H,28H2,1-3H3,(H,29,30)/b17-6+. The van der Waals surface area contributed by atoms with Gasteiger partial charge in [0.1, 0.15) is 5.82 Å². The van der Waals surface area contributed by atoms with E-state index in [9.17, 15) is 4.79 Å². The number of benzene rings is 3. The third kappa shape index (κ3) is 4.96. The Labute approximate surface area is 193 Å². The summed E-state index contributed by atoms with van der Waals surface area (Å²) in [6.07, 6.45) is 3.12. The van der Waals surface area contributed by atoms with Gasteiger partial charge in [-0.2, -0.15) is 0 Å². The lowest BCUT2D eigenvalue weighted by Crippen LogP contribution is -2.07. The second kappa shape index (κ2) is 9.44. The molecule has 0 aliphatic rings. The summed E-state index contributed by atoms with van der Waals surface area (Å²) >= 11 is 0. The Balaban J connectivity index is 1.74. The Morgan fingerprint density at radius 1 is 0.909 bits per heavy atom. The molecule has 3 N–H and O–H groups in total. The molecule has 0 fully saturated rings. The maximum atomic E-state index is 11.3. The maximum absolute atomic E-state index is 11.3. The molecule has 0 atom stereocenters. The first kappa shape index (κ1) is 21.9. The highest BCUT2D eigenvalue weighted by Gasteiger charge is 2.15. The summed E-state index contributed by atoms with van der Waals surface area (Å²) in [5.74, 6) is 0.375. The van der Waals surface area contributed by atoms with Crippen molar-refractivity contribution in [2.24, 2.45) is 0 Å². The number of aromatic nitrogens is 2. The minimum Gasteiger partial charge on any atom is -0.466 e. The molecule has 0 aliphatic heterocycles. The van der Waals surface area contributed by atoms with Gasteiger partial charge in [-0.3, -0.25) is 0 Å². The summed E-state index contributed by atoms with van der Waals surface area (Å²) in [7, 11) is 5.40. The van der Waals surface area contributed by atoms with Crippen LogP contribution in [0.25, 0.3) is 40.0 Å². The fourth-order valence-corrected chi connectivity index (χ4v) is 3.48. The number of esters is 1. The van der Waals surface area contributed by atoms with Crippen LogP contribution in [0.3, 0.4) is 0 Å². The quantitative estimate of drug-likeness (QED) is 0.244. The van der Waals surface area contributed by atoms with E-state index in [0.29, 0.717) is 5.69 Å². The zero-order valence-corrected chi connectivity index (χ0v) is 18.9. The molecule has 1 heterocycles. The van der Waals surface area contributed by atoms with E-state index in [4.69, 9.17) is 10.7 Å². The van der Waals surface area contributed by atoms with Crippen LogP contribution >= 0.6 is 0 Å². The van der Waals surface area contributed by atoms with Crippen LogP contribution in [0.2, 0.25) is 0 Å². The lowest BCUT2D eigenvalue weighted by Gasteiger charge is -2.12. The minimum absolute atomic E-state index is 0.386. The average molecular weight is 439 g/mol. The molecule has 0 spiro atoms. The van der Waals surface area contributed by atoms with Crippen molar-refractivity contribution in [3.63, 3.8) is 0 Å². The van der Waals surface area contributed by atoms with Gasteiger partial charge in [-0.25, -0.2) is 9.78 Å². The van der Waals surface area contributed by atoms with Gasteiger partial charge in [-0.15, -0.1) is 0 Å². The van der Waals surface area contributed by atoms with E-state index < -0.39 is 0 Å². The molecular weight excluding hydrogens is 412 g/mol. The van der Waals surface area contributed by atoms with E-state index in [0.717, 1.165) is 45.2 Å². The first-order valence-electron chi connectivity index (χ1n) is 10.5. The highest BCUT2D eigenvalue weighted by Crippen LogP contribution is 2.34. The fourth-order valence-electron chi connectivity index (χ4n) is 3.48. The zero-order chi connectivity index (χ0) is 23.4. The highest BCUT2D eigenvalue weighted by atomic mass is 16.5. The Kier molecular flexibility index (Phi) is 6.26. The molecule has 0 bridgehead atoms. The first-order valence-corrected chi connectivity index (χ1v) is 10.5. The number of H-pyrrole nitrogens is 1. The molecule has 1 aromatic heterocycles. The van der Waals surface area contributed by atoms with Crippen molar-refractivity contribution in [3.8, 4) is 33.9 Å². The minimum atomic E-state index is -0.386. The Bertz CT molecular complexity index is 1270. The molecule has 0 radical (unpaired) electrons. The fraction of sp³-hybridized carbons (Fsp3) is 0.111. The number of anilines is 2. The Morgan fingerprint density at radius 2 is 1.52 bits per heavy atom. The summed E-state index contributed by atoms with van der Waals surface area (Å²) < 4.78 is 4.64. The molecule has 166 valence electrons. The van der Waals surface area contributed by atoms with Gasteiger partial charge in [0, 0.05) is 48.2 Å². The number of nitrogens with two attached hydrogens (primary N) is 1. The van der Waals surface area contributed by atoms with E-state index in [1.54, 1.807) is 6.08 Å². The third-order valence-corrected chi connectivity index (χ3v) is 5.36. The number of nitrogen functional groups attached to an aromatic ring is 1. The van der Waals surface area contributed by atoms with Gasteiger partial charge in [0.25, 0.3) is 0 Å². The van der Waals surface area contributed by atoms with Gasteiger partial charge in [0.15, 0.2) is 0 Å². The second-order valence-corrected chi connectivity index (χ2v) is 7.85. The summed E-state index contributed by atoms with van der Waals surface area (Å²) in [5.41, 5.74) is 13.4. The molecule has 4 aromatic rings. The van der Waals surface area contributed by atoms with E-state index in [1.807, 2.05) is 62.6 Å². The zero-order valence-electron chi connectivity index (χ0n) is 18.9. The smallest absolute Gasteiger partial charge is 0.330 e. The van der Waals surface area contributed by atoms with E-state index in [1.165, 1.54) is 13.2 Å². The number of rotatable bonds is 6. The molecule has 6 heteroatoms. The normalized spacial score (nSPS) is 11.0. The number of ether oxygens (including phenoxy) is 1. The number of carbonyl (C=O) groups excluding carboxylic acids is 1. The van der Waals surface area contributed by atoms with Crippen LogP contribution in [0.5, 0.6) is 0 Å². The first-order chi connectivity index (χ1) is 15.9. The molecule has 0 amide bonds. The summed E-state index contributed by atoms with van der Waals surface area (Å²) in [6.45, 7) is 0. The van der Waals surface area contributed by atoms with Gasteiger partial charge in [0.05, 0.1) is 18.5 Å². The number of nitrogens with one attached hydrogen (secondary N) is 1. The van der Waals surface area contributed by atoms with Crippen LogP contribution < -0.4 is 10.6 Å². The number of methoxy groups -OCH3 is 1. The van der Waals surface area contributed by atoms with Gasteiger partial charge in [0.2, 0.25) is 0 Å². The lowest BCUT2D eigenvalue weighted by molar-refractivity contribution is -0.134. The van der Waals surface area contributed by atoms with Crippen LogP contribution in [0.1, 0.15) is 5.56 Å². The third-order valence-electron chi connectivity index (χ3n) is 5.36. The highest BCUT2D eigenvalue weighted by molar-refractivity contribution is 5.87. The number of imidazole rings is 1. The van der Waals surface area contributed by atoms with Crippen LogP contribution in [0.15, 0.2) is 78.9 Å². The van der Waals surface area contributed by atoms with Gasteiger partial charge in [-0.1, -0.05) is 48.5 Å². The van der Waals surface area contributed by atoms with Crippen molar-refractivity contribution in [1.82, 2.24) is 9.97 Å². The van der Waals surface area contributed by atoms with E-state index in [2.05, 4.69) is 38.9 Å². The predicted molar refractivity (Wildman–Crippen MR) is 135 cm³/mol. The number of aromatic amines is 1. The summed E-state index contributed by atoms with van der Waals surface area (Å²) in [4.78, 5) is 21.8. The topological polar surface area (TPSA) is 84.2 Å². The number of carbonyl (C=O) groups is 1. The largest absolute Gasteiger partial charge is 0.466 e. The summed E-state index contributed by atoms with van der Waals surface area (Å²) in [5, 5.41) is 0. The van der Waals surface area contributed by atoms with Crippen LogP contribution in [0.4, 0.5) is 11.4 Å². The monoisotopic (exact) mass is 438 g/mol. The molecule has 33 heavy (non-hydrogen) atoms. The van der Waals surface area contributed by atoms with Crippen molar-refractivity contribution in [2.45, 2.75) is 0 Å². The van der Waals surface area contributed by atoms with Crippen molar-refractivity contribution in [2.75, 3.05) is 31.8 Å². The number of nitrogens with zero attached hydrogens (tertiary/aromatic N) is 2. The molecule has 0 aliphatic carbocycles. The van der Waals surface area contributed by atoms with Crippen LogP contribution in [-0.4, -0.2) is 37.1 Å². The van der Waals surface area contributed by atoms with Crippen molar-refractivity contribution in [1.29, 1.82) is 0 Å². The van der Waals surface area contributed by atoms with Crippen LogP contribution in [-0.2, 0) is 9.53 Å². The lowest BCUT2D eigenvalue weighted by atomic mass is 10.0. The van der Waals surface area contributed by atoms with Gasteiger partial charge in [-0.05, 0) is 35.9 Å². The van der Waals surface area contributed by atoms with E-state index in [-0.39, 0.29) is 5.97 Å². The number of hydrogen-bond acceptors (Lipinski definition) is 5. The Hall–Kier alpha value is -4.32. The maximum Gasteiger partial charge on any atom is 0.330 e. The number of hydrogen-bond donors (Lipinski definition) is 2. The molecular formula is C27H26N4O2. The molecule has 6 nitrogen and oxygen atoms in total. The van der Waals surface area contributed by atoms with Gasteiger partial charge < -0.3 is 20.4 Å². The van der Waals surface area contributed by atoms with Crippen LogP contribution in [0, 0.1) is 0 Å². The molecule has 0 saturated carbocycles. The SMILES string of the molecule is COC(=O)/C=C/c1ccc(-c2nc(-c3ccc(N(C)C)cc3)c(-c3ccc(N)cc3)[nH]2)cc1. The molecule has 0 saturated heterocycles. The second-order valence-electron chi connectivity index (χ2n) is 7.85.